The topological polar surface area (TPSA) is 57.2 Å². The fourth-order valence-electron chi connectivity index (χ4n) is 5.57. The van der Waals surface area contributed by atoms with Crippen LogP contribution in [0.1, 0.15) is 41.8 Å². The van der Waals surface area contributed by atoms with E-state index >= 15 is 0 Å². The molecule has 0 unspecified atom stereocenters. The van der Waals surface area contributed by atoms with Gasteiger partial charge in [0.05, 0.1) is 18.3 Å². The van der Waals surface area contributed by atoms with Crippen molar-refractivity contribution in [3.63, 3.8) is 0 Å². The molecule has 1 atom stereocenters. The van der Waals surface area contributed by atoms with E-state index in [1.165, 1.54) is 21.6 Å². The highest BCUT2D eigenvalue weighted by Gasteiger charge is 2.49. The minimum Gasteiger partial charge on any atom is -0.362 e. The SMILES string of the molecule is Cc1cccc([C@@H](C)Nc2nnc(C)c3cnc(N4CC5(CCN(CC(F)(F)F)C5)C4)cc23)c1C. The van der Waals surface area contributed by atoms with Crippen LogP contribution in [-0.2, 0) is 0 Å². The van der Waals surface area contributed by atoms with Crippen LogP contribution in [0, 0.1) is 26.2 Å². The Hall–Kier alpha value is -2.94. The van der Waals surface area contributed by atoms with E-state index in [-0.39, 0.29) is 11.5 Å². The van der Waals surface area contributed by atoms with Gasteiger partial charge in [0.1, 0.15) is 5.82 Å². The summed E-state index contributed by atoms with van der Waals surface area (Å²) >= 11 is 0. The van der Waals surface area contributed by atoms with E-state index in [1.54, 1.807) is 0 Å². The maximum Gasteiger partial charge on any atom is 0.401 e. The Morgan fingerprint density at radius 1 is 1.09 bits per heavy atom. The lowest BCUT2D eigenvalue weighted by Crippen LogP contribution is -2.58. The summed E-state index contributed by atoms with van der Waals surface area (Å²) in [5.41, 5.74) is 4.44. The highest BCUT2D eigenvalue weighted by atomic mass is 19.4. The molecule has 0 aliphatic carbocycles. The van der Waals surface area contributed by atoms with Crippen LogP contribution in [0.5, 0.6) is 0 Å². The molecule has 1 N–H and O–H groups in total. The number of alkyl halides is 3. The molecule has 2 aromatic heterocycles. The number of fused-ring (bicyclic) bond motifs is 1. The van der Waals surface area contributed by atoms with Gasteiger partial charge in [0.15, 0.2) is 5.82 Å². The van der Waals surface area contributed by atoms with E-state index in [1.807, 2.05) is 19.2 Å². The first-order valence-electron chi connectivity index (χ1n) is 12.0. The minimum absolute atomic E-state index is 0.0390. The third-order valence-electron chi connectivity index (χ3n) is 7.60. The van der Waals surface area contributed by atoms with E-state index in [9.17, 15) is 13.2 Å². The van der Waals surface area contributed by atoms with Crippen molar-refractivity contribution in [2.75, 3.05) is 42.9 Å². The van der Waals surface area contributed by atoms with Crippen LogP contribution in [0.2, 0.25) is 0 Å². The maximum atomic E-state index is 12.8. The van der Waals surface area contributed by atoms with Crippen molar-refractivity contribution in [1.29, 1.82) is 0 Å². The molecule has 4 heterocycles. The Morgan fingerprint density at radius 3 is 2.60 bits per heavy atom. The molecule has 2 aliphatic heterocycles. The summed E-state index contributed by atoms with van der Waals surface area (Å²) in [6.45, 7) is 9.87. The predicted octanol–water partition coefficient (Wildman–Crippen LogP) is 5.20. The van der Waals surface area contributed by atoms with Crippen LogP contribution >= 0.6 is 0 Å². The van der Waals surface area contributed by atoms with Gasteiger partial charge in [-0.25, -0.2) is 4.98 Å². The molecule has 6 nitrogen and oxygen atoms in total. The smallest absolute Gasteiger partial charge is 0.362 e. The lowest BCUT2D eigenvalue weighted by molar-refractivity contribution is -0.144. The first-order valence-corrected chi connectivity index (χ1v) is 12.0. The molecule has 0 amide bonds. The first kappa shape index (κ1) is 23.8. The molecule has 0 saturated carbocycles. The molecule has 2 aliphatic rings. The van der Waals surface area contributed by atoms with Crippen LogP contribution in [0.15, 0.2) is 30.5 Å². The summed E-state index contributed by atoms with van der Waals surface area (Å²) < 4.78 is 38.4. The van der Waals surface area contributed by atoms with Crippen molar-refractivity contribution < 1.29 is 13.2 Å². The Balaban J connectivity index is 1.36. The Morgan fingerprint density at radius 2 is 1.86 bits per heavy atom. The number of anilines is 2. The summed E-state index contributed by atoms with van der Waals surface area (Å²) in [5.74, 6) is 1.53. The lowest BCUT2D eigenvalue weighted by Gasteiger charge is -2.49. The number of likely N-dealkylation sites (tertiary alicyclic amines) is 1. The van der Waals surface area contributed by atoms with Gasteiger partial charge in [0.2, 0.25) is 0 Å². The average molecular weight is 485 g/mol. The van der Waals surface area contributed by atoms with Crippen molar-refractivity contribution in [1.82, 2.24) is 20.1 Å². The highest BCUT2D eigenvalue weighted by molar-refractivity contribution is 5.94. The number of aromatic nitrogens is 3. The van der Waals surface area contributed by atoms with Crippen molar-refractivity contribution in [3.8, 4) is 0 Å². The van der Waals surface area contributed by atoms with Gasteiger partial charge >= 0.3 is 6.18 Å². The van der Waals surface area contributed by atoms with Crippen LogP contribution in [0.4, 0.5) is 24.8 Å². The zero-order valence-electron chi connectivity index (χ0n) is 20.6. The van der Waals surface area contributed by atoms with Gasteiger partial charge in [-0.1, -0.05) is 18.2 Å². The number of nitrogens with zero attached hydrogens (tertiary/aromatic N) is 5. The van der Waals surface area contributed by atoms with Gasteiger partial charge in [-0.2, -0.15) is 18.3 Å². The number of pyridine rings is 1. The highest BCUT2D eigenvalue weighted by Crippen LogP contribution is 2.42. The molecule has 2 fully saturated rings. The molecule has 0 radical (unpaired) electrons. The monoisotopic (exact) mass is 484 g/mol. The van der Waals surface area contributed by atoms with E-state index in [2.05, 4.69) is 64.4 Å². The molecule has 1 aromatic carbocycles. The number of halogens is 3. The zero-order valence-corrected chi connectivity index (χ0v) is 20.6. The van der Waals surface area contributed by atoms with Gasteiger partial charge in [0, 0.05) is 42.0 Å². The van der Waals surface area contributed by atoms with E-state index in [0.29, 0.717) is 18.9 Å². The van der Waals surface area contributed by atoms with Gasteiger partial charge in [-0.15, -0.1) is 5.10 Å². The van der Waals surface area contributed by atoms with Gasteiger partial charge in [-0.3, -0.25) is 4.90 Å². The quantitative estimate of drug-likeness (QED) is 0.538. The van der Waals surface area contributed by atoms with Gasteiger partial charge < -0.3 is 10.2 Å². The second-order valence-electron chi connectivity index (χ2n) is 10.3. The normalized spacial score (nSPS) is 18.8. The van der Waals surface area contributed by atoms with Crippen LogP contribution in [0.25, 0.3) is 10.8 Å². The van der Waals surface area contributed by atoms with Gasteiger partial charge in [0.25, 0.3) is 0 Å². The lowest BCUT2D eigenvalue weighted by atomic mass is 9.79. The first-order chi connectivity index (χ1) is 16.5. The van der Waals surface area contributed by atoms with Gasteiger partial charge in [-0.05, 0) is 63.4 Å². The van der Waals surface area contributed by atoms with Crippen LogP contribution in [0.3, 0.4) is 0 Å². The van der Waals surface area contributed by atoms with E-state index < -0.39 is 12.7 Å². The molecular formula is C26H31F3N6. The van der Waals surface area contributed by atoms with Crippen molar-refractivity contribution in [2.24, 2.45) is 5.41 Å². The molecule has 1 spiro atoms. The second kappa shape index (κ2) is 8.62. The number of aryl methyl sites for hydroxylation is 2. The molecule has 5 rings (SSSR count). The number of nitrogens with one attached hydrogen (secondary N) is 1. The summed E-state index contributed by atoms with van der Waals surface area (Å²) in [4.78, 5) is 8.35. The van der Waals surface area contributed by atoms with Crippen molar-refractivity contribution in [3.05, 3.63) is 52.8 Å². The van der Waals surface area contributed by atoms with Crippen molar-refractivity contribution in [2.45, 2.75) is 46.3 Å². The predicted molar refractivity (Wildman–Crippen MR) is 132 cm³/mol. The number of rotatable bonds is 5. The van der Waals surface area contributed by atoms with Crippen LogP contribution in [-0.4, -0.2) is 59.0 Å². The molecular weight excluding hydrogens is 453 g/mol. The summed E-state index contributed by atoms with van der Waals surface area (Å²) in [5, 5.41) is 14.2. The Bertz CT molecular complexity index is 1250. The fraction of sp³-hybridized carbons (Fsp3) is 0.500. The number of benzene rings is 1. The van der Waals surface area contributed by atoms with Crippen molar-refractivity contribution >= 4 is 22.4 Å². The molecule has 3 aromatic rings. The minimum atomic E-state index is -4.15. The standard InChI is InChI=1S/C26H31F3N6/c1-16-6-5-7-20(17(16)2)18(3)31-24-21-10-23(30-11-22(21)19(4)32-33-24)35-13-25(14-35)8-9-34(12-25)15-26(27,28)29/h5-7,10-11,18H,8-9,12-15H2,1-4H3,(H,31,33)/t18-/m1/s1. The molecule has 9 heteroatoms. The Kier molecular flexibility index (Phi) is 5.86. The third kappa shape index (κ3) is 4.66. The van der Waals surface area contributed by atoms with E-state index in [4.69, 9.17) is 0 Å². The maximum absolute atomic E-state index is 12.8. The molecule has 186 valence electrons. The summed E-state index contributed by atoms with van der Waals surface area (Å²) in [7, 11) is 0. The number of hydrogen-bond donors (Lipinski definition) is 1. The third-order valence-corrected chi connectivity index (χ3v) is 7.60. The largest absolute Gasteiger partial charge is 0.401 e. The molecule has 2 saturated heterocycles. The summed E-state index contributed by atoms with van der Waals surface area (Å²) in [6, 6.07) is 8.37. The molecule has 0 bridgehead atoms. The second-order valence-corrected chi connectivity index (χ2v) is 10.3. The fourth-order valence-corrected chi connectivity index (χ4v) is 5.57. The zero-order chi connectivity index (χ0) is 25.0. The number of hydrogen-bond acceptors (Lipinski definition) is 6. The molecule has 35 heavy (non-hydrogen) atoms. The van der Waals surface area contributed by atoms with Crippen LogP contribution < -0.4 is 10.2 Å². The average Bonchev–Trinajstić information content (AvgIpc) is 3.19. The van der Waals surface area contributed by atoms with E-state index in [0.717, 1.165) is 41.8 Å². The Labute approximate surface area is 203 Å². The summed E-state index contributed by atoms with van der Waals surface area (Å²) in [6.07, 6.45) is -1.53.